The van der Waals surface area contributed by atoms with Crippen LogP contribution in [0.25, 0.3) is 11.0 Å². The molecule has 0 unspecified atom stereocenters. The van der Waals surface area contributed by atoms with Crippen molar-refractivity contribution in [1.82, 2.24) is 14.9 Å². The van der Waals surface area contributed by atoms with E-state index in [1.807, 2.05) is 48.8 Å². The van der Waals surface area contributed by atoms with Crippen molar-refractivity contribution in [2.45, 2.75) is 31.3 Å². The van der Waals surface area contributed by atoms with Crippen molar-refractivity contribution in [3.05, 3.63) is 101 Å². The van der Waals surface area contributed by atoms with Crippen molar-refractivity contribution in [3.8, 4) is 0 Å². The monoisotopic (exact) mass is 459 g/mol. The van der Waals surface area contributed by atoms with Crippen LogP contribution in [0.4, 0.5) is 0 Å². The Labute approximate surface area is 198 Å². The number of benzene rings is 3. The number of aromatic nitrogens is 2. The molecule has 0 radical (unpaired) electrons. The lowest BCUT2D eigenvalue weighted by Crippen LogP contribution is -2.47. The topological polar surface area (TPSA) is 56.2 Å². The van der Waals surface area contributed by atoms with Gasteiger partial charge >= 0.3 is 0 Å². The largest absolute Gasteiger partial charge is 0.381 e. The zero-order valence-electron chi connectivity index (χ0n) is 18.3. The first-order valence-electron chi connectivity index (χ1n) is 11.2. The first-order chi connectivity index (χ1) is 16.1. The number of para-hydroxylation sites is 2. The molecule has 1 aliphatic rings. The fourth-order valence-electron chi connectivity index (χ4n) is 4.58. The van der Waals surface area contributed by atoms with E-state index in [0.717, 1.165) is 28.7 Å². The molecule has 3 aromatic carbocycles. The summed E-state index contributed by atoms with van der Waals surface area (Å²) < 4.78 is 7.70. The molecule has 0 spiro atoms. The Morgan fingerprint density at radius 2 is 1.67 bits per heavy atom. The van der Waals surface area contributed by atoms with Crippen molar-refractivity contribution >= 4 is 28.5 Å². The summed E-state index contributed by atoms with van der Waals surface area (Å²) in [6, 6.07) is 24.1. The van der Waals surface area contributed by atoms with Crippen LogP contribution >= 0.6 is 11.6 Å². The number of nitrogens with one attached hydrogen (secondary N) is 1. The molecule has 6 heteroatoms. The highest BCUT2D eigenvalue weighted by Crippen LogP contribution is 2.36. The fraction of sp³-hybridized carbons (Fsp3) is 0.259. The summed E-state index contributed by atoms with van der Waals surface area (Å²) in [5.74, 6) is 0.0436. The van der Waals surface area contributed by atoms with E-state index in [1.54, 1.807) is 0 Å². The molecule has 33 heavy (non-hydrogen) atoms. The van der Waals surface area contributed by atoms with Crippen molar-refractivity contribution < 1.29 is 9.53 Å². The molecule has 0 saturated carbocycles. The number of hydrogen-bond donors (Lipinski definition) is 1. The van der Waals surface area contributed by atoms with Crippen LogP contribution in [0.3, 0.4) is 0 Å². The molecule has 4 aromatic rings. The Kier molecular flexibility index (Phi) is 6.16. The van der Waals surface area contributed by atoms with E-state index in [1.165, 1.54) is 5.56 Å². The summed E-state index contributed by atoms with van der Waals surface area (Å²) in [5.41, 5.74) is 4.80. The van der Waals surface area contributed by atoms with Gasteiger partial charge in [-0.25, -0.2) is 4.98 Å². The van der Waals surface area contributed by atoms with E-state index < -0.39 is 5.41 Å². The number of halogens is 1. The molecule has 5 nitrogen and oxygen atoms in total. The molecule has 0 aliphatic carbocycles. The van der Waals surface area contributed by atoms with E-state index in [2.05, 4.69) is 45.2 Å². The summed E-state index contributed by atoms with van der Waals surface area (Å²) >= 11 is 6.07. The number of amides is 1. The van der Waals surface area contributed by atoms with Crippen LogP contribution in [0, 0.1) is 0 Å². The highest BCUT2D eigenvalue weighted by Gasteiger charge is 2.41. The quantitative estimate of drug-likeness (QED) is 0.436. The molecule has 1 fully saturated rings. The minimum Gasteiger partial charge on any atom is -0.381 e. The molecular weight excluding hydrogens is 434 g/mol. The molecule has 1 aliphatic heterocycles. The lowest BCUT2D eigenvalue weighted by molar-refractivity contribution is -0.130. The summed E-state index contributed by atoms with van der Waals surface area (Å²) in [5, 5.41) is 3.84. The minimum atomic E-state index is -0.578. The predicted octanol–water partition coefficient (Wildman–Crippen LogP) is 5.10. The van der Waals surface area contributed by atoms with Gasteiger partial charge in [0, 0.05) is 31.3 Å². The van der Waals surface area contributed by atoms with Gasteiger partial charge in [-0.3, -0.25) is 4.79 Å². The lowest BCUT2D eigenvalue weighted by atomic mass is 9.73. The summed E-state index contributed by atoms with van der Waals surface area (Å²) in [6.45, 7) is 2.40. The first kappa shape index (κ1) is 21.7. The van der Waals surface area contributed by atoms with Crippen LogP contribution in [-0.2, 0) is 28.0 Å². The average Bonchev–Trinajstić information content (AvgIpc) is 3.27. The second-order valence-corrected chi connectivity index (χ2v) is 9.00. The normalized spacial score (nSPS) is 15.4. The van der Waals surface area contributed by atoms with Gasteiger partial charge in [-0.15, -0.1) is 0 Å². The van der Waals surface area contributed by atoms with E-state index in [4.69, 9.17) is 16.3 Å². The maximum Gasteiger partial charge on any atom is 0.231 e. The van der Waals surface area contributed by atoms with Gasteiger partial charge in [0.2, 0.25) is 5.91 Å². The standard InChI is InChI=1S/C27H26ClN3O2/c28-23-11-9-22(10-12-23)27(13-15-33-16-14-27)26(32)29-17-20-5-7-21(8-6-20)18-31-19-30-24-3-1-2-4-25(24)31/h1-12,19H,13-18H2,(H,29,32). The van der Waals surface area contributed by atoms with Crippen molar-refractivity contribution in [1.29, 1.82) is 0 Å². The Morgan fingerprint density at radius 3 is 2.42 bits per heavy atom. The molecule has 168 valence electrons. The van der Waals surface area contributed by atoms with E-state index in [-0.39, 0.29) is 5.91 Å². The third-order valence-corrected chi connectivity index (χ3v) is 6.79. The maximum absolute atomic E-state index is 13.4. The first-order valence-corrected chi connectivity index (χ1v) is 11.6. The molecule has 1 amide bonds. The second kappa shape index (κ2) is 9.38. The molecule has 0 bridgehead atoms. The van der Waals surface area contributed by atoms with E-state index in [9.17, 15) is 4.79 Å². The number of rotatable bonds is 6. The van der Waals surface area contributed by atoms with Crippen molar-refractivity contribution in [3.63, 3.8) is 0 Å². The SMILES string of the molecule is O=C(NCc1ccc(Cn2cnc3ccccc32)cc1)C1(c2ccc(Cl)cc2)CCOCC1. The van der Waals surface area contributed by atoms with Crippen LogP contribution in [0.1, 0.15) is 29.5 Å². The summed E-state index contributed by atoms with van der Waals surface area (Å²) in [7, 11) is 0. The van der Waals surface area contributed by atoms with Gasteiger partial charge in [0.25, 0.3) is 0 Å². The number of ether oxygens (including phenoxy) is 1. The third-order valence-electron chi connectivity index (χ3n) is 6.53. The van der Waals surface area contributed by atoms with Crippen molar-refractivity contribution in [2.75, 3.05) is 13.2 Å². The van der Waals surface area contributed by atoms with Gasteiger partial charge in [0.1, 0.15) is 0 Å². The number of imidazole rings is 1. The third kappa shape index (κ3) is 4.52. The summed E-state index contributed by atoms with van der Waals surface area (Å²) in [6.07, 6.45) is 3.21. The maximum atomic E-state index is 13.4. The Morgan fingerprint density at radius 1 is 0.970 bits per heavy atom. The predicted molar refractivity (Wildman–Crippen MR) is 130 cm³/mol. The number of hydrogen-bond acceptors (Lipinski definition) is 3. The number of carbonyl (C=O) groups is 1. The smallest absolute Gasteiger partial charge is 0.231 e. The fourth-order valence-corrected chi connectivity index (χ4v) is 4.71. The van der Waals surface area contributed by atoms with Gasteiger partial charge in [0.15, 0.2) is 0 Å². The van der Waals surface area contributed by atoms with Gasteiger partial charge in [0.05, 0.1) is 22.8 Å². The van der Waals surface area contributed by atoms with Gasteiger partial charge in [-0.05, 0) is 53.8 Å². The lowest BCUT2D eigenvalue weighted by Gasteiger charge is -2.36. The molecule has 1 aromatic heterocycles. The molecule has 1 N–H and O–H groups in total. The van der Waals surface area contributed by atoms with Crippen LogP contribution in [0.2, 0.25) is 5.02 Å². The zero-order chi connectivity index (χ0) is 22.7. The van der Waals surface area contributed by atoms with Crippen molar-refractivity contribution in [2.24, 2.45) is 0 Å². The number of carbonyl (C=O) groups excluding carboxylic acids is 1. The zero-order valence-corrected chi connectivity index (χ0v) is 19.1. The van der Waals surface area contributed by atoms with Crippen LogP contribution in [0.5, 0.6) is 0 Å². The number of fused-ring (bicyclic) bond motifs is 1. The van der Waals surface area contributed by atoms with Crippen LogP contribution in [-0.4, -0.2) is 28.7 Å². The van der Waals surface area contributed by atoms with Crippen LogP contribution in [0.15, 0.2) is 79.1 Å². The Balaban J connectivity index is 1.26. The Bertz CT molecular complexity index is 1240. The Hall–Kier alpha value is -3.15. The van der Waals surface area contributed by atoms with Crippen LogP contribution < -0.4 is 5.32 Å². The molecular formula is C27H26ClN3O2. The number of nitrogens with zero attached hydrogens (tertiary/aromatic N) is 2. The highest BCUT2D eigenvalue weighted by atomic mass is 35.5. The van der Waals surface area contributed by atoms with E-state index in [0.29, 0.717) is 37.6 Å². The molecule has 5 rings (SSSR count). The van der Waals surface area contributed by atoms with Gasteiger partial charge < -0.3 is 14.6 Å². The molecule has 2 heterocycles. The van der Waals surface area contributed by atoms with Gasteiger partial charge in [-0.1, -0.05) is 60.1 Å². The molecule has 0 atom stereocenters. The molecule has 1 saturated heterocycles. The summed E-state index contributed by atoms with van der Waals surface area (Å²) in [4.78, 5) is 17.8. The second-order valence-electron chi connectivity index (χ2n) is 8.56. The van der Waals surface area contributed by atoms with Gasteiger partial charge in [-0.2, -0.15) is 0 Å². The highest BCUT2D eigenvalue weighted by molar-refractivity contribution is 6.30. The minimum absolute atomic E-state index is 0.0436. The van der Waals surface area contributed by atoms with E-state index >= 15 is 0 Å². The average molecular weight is 460 g/mol.